The second-order valence-corrected chi connectivity index (χ2v) is 9.43. The molecule has 3 N–H and O–H groups in total. The molecule has 2 atom stereocenters. The van der Waals surface area contributed by atoms with Crippen molar-refractivity contribution in [2.75, 3.05) is 24.2 Å². The van der Waals surface area contributed by atoms with Crippen LogP contribution < -0.4 is 10.6 Å². The Hall–Kier alpha value is -4.46. The summed E-state index contributed by atoms with van der Waals surface area (Å²) in [6.07, 6.45) is 1.62. The number of fused-ring (bicyclic) bond motifs is 1. The molecule has 0 aliphatic carbocycles. The van der Waals surface area contributed by atoms with E-state index in [1.807, 2.05) is 43.4 Å². The molecule has 37 heavy (non-hydrogen) atoms. The number of nitrogens with one attached hydrogen (secondary N) is 3. The van der Waals surface area contributed by atoms with Gasteiger partial charge in [0.2, 0.25) is 5.91 Å². The van der Waals surface area contributed by atoms with Crippen molar-refractivity contribution < 1.29 is 14.0 Å². The third-order valence-electron chi connectivity index (χ3n) is 6.74. The number of aromatic nitrogens is 2. The van der Waals surface area contributed by atoms with Crippen LogP contribution in [0.1, 0.15) is 47.3 Å². The molecule has 8 heteroatoms. The van der Waals surface area contributed by atoms with Crippen molar-refractivity contribution in [3.63, 3.8) is 0 Å². The average molecular weight is 498 g/mol. The summed E-state index contributed by atoms with van der Waals surface area (Å²) in [4.78, 5) is 35.7. The minimum Gasteiger partial charge on any atom is -0.356 e. The fourth-order valence-corrected chi connectivity index (χ4v) is 4.69. The van der Waals surface area contributed by atoms with Crippen molar-refractivity contribution in [1.29, 1.82) is 0 Å². The van der Waals surface area contributed by atoms with Crippen molar-refractivity contribution in [2.24, 2.45) is 0 Å². The number of halogens is 1. The second kappa shape index (κ2) is 9.89. The summed E-state index contributed by atoms with van der Waals surface area (Å²) < 4.78 is 13.3. The number of H-pyrrole nitrogens is 1. The van der Waals surface area contributed by atoms with E-state index in [0.29, 0.717) is 29.2 Å². The van der Waals surface area contributed by atoms with Crippen molar-refractivity contribution in [3.8, 4) is 11.3 Å². The molecule has 4 aromatic rings. The van der Waals surface area contributed by atoms with Crippen LogP contribution in [0.2, 0.25) is 0 Å². The molecule has 0 saturated heterocycles. The minimum atomic E-state index is -0.492. The number of carbonyl (C=O) groups is 2. The molecule has 2 amide bonds. The fourth-order valence-electron chi connectivity index (χ4n) is 4.69. The zero-order valence-corrected chi connectivity index (χ0v) is 20.9. The molecule has 188 valence electrons. The maximum atomic E-state index is 13.3. The molecule has 0 fully saturated rings. The topological polar surface area (TPSA) is 90.1 Å². The van der Waals surface area contributed by atoms with Crippen molar-refractivity contribution in [2.45, 2.75) is 25.7 Å². The number of hydrogen-bond acceptors (Lipinski definition) is 4. The van der Waals surface area contributed by atoms with Gasteiger partial charge in [-0.1, -0.05) is 37.3 Å². The summed E-state index contributed by atoms with van der Waals surface area (Å²) >= 11 is 0. The van der Waals surface area contributed by atoms with Crippen LogP contribution in [0, 0.1) is 5.82 Å². The molecule has 0 radical (unpaired) electrons. The highest BCUT2D eigenvalue weighted by Gasteiger charge is 2.33. The monoisotopic (exact) mass is 497 g/mol. The highest BCUT2D eigenvalue weighted by Crippen LogP contribution is 2.41. The van der Waals surface area contributed by atoms with Gasteiger partial charge in [-0.2, -0.15) is 0 Å². The third kappa shape index (κ3) is 4.82. The number of hydrogen-bond donors (Lipinski definition) is 3. The lowest BCUT2D eigenvalue weighted by molar-refractivity contribution is -0.117. The number of likely N-dealkylation sites (N-methyl/N-ethyl adjacent to an activating group) is 1. The van der Waals surface area contributed by atoms with Crippen LogP contribution >= 0.6 is 0 Å². The number of nitrogens with zero attached hydrogens (tertiary/aromatic N) is 2. The molecular weight excluding hydrogens is 469 g/mol. The van der Waals surface area contributed by atoms with Crippen LogP contribution in [0.25, 0.3) is 11.3 Å². The van der Waals surface area contributed by atoms with Crippen LogP contribution in [0.4, 0.5) is 21.6 Å². The van der Waals surface area contributed by atoms with E-state index in [-0.39, 0.29) is 23.5 Å². The zero-order valence-electron chi connectivity index (χ0n) is 20.9. The van der Waals surface area contributed by atoms with E-state index in [0.717, 1.165) is 22.6 Å². The van der Waals surface area contributed by atoms with E-state index >= 15 is 0 Å². The van der Waals surface area contributed by atoms with E-state index < -0.39 is 5.92 Å². The molecule has 7 nitrogen and oxygen atoms in total. The third-order valence-corrected chi connectivity index (χ3v) is 6.74. The van der Waals surface area contributed by atoms with E-state index in [1.54, 1.807) is 36.2 Å². The quantitative estimate of drug-likeness (QED) is 0.310. The molecule has 1 aliphatic heterocycles. The molecule has 3 heterocycles. The molecule has 2 aromatic heterocycles. The summed E-state index contributed by atoms with van der Waals surface area (Å²) in [5.41, 5.74) is 5.26. The van der Waals surface area contributed by atoms with E-state index in [2.05, 4.69) is 27.5 Å². The first-order chi connectivity index (χ1) is 17.8. The molecule has 5 rings (SSSR count). The zero-order chi connectivity index (χ0) is 26.1. The maximum absolute atomic E-state index is 13.3. The number of amides is 2. The van der Waals surface area contributed by atoms with Gasteiger partial charge in [-0.05, 0) is 48.9 Å². The van der Waals surface area contributed by atoms with Gasteiger partial charge in [-0.3, -0.25) is 9.59 Å². The minimum absolute atomic E-state index is 0.0512. The Labute approximate surface area is 214 Å². The lowest BCUT2D eigenvalue weighted by atomic mass is 9.96. The van der Waals surface area contributed by atoms with Gasteiger partial charge in [0.15, 0.2) is 0 Å². The number of para-hydroxylation sites is 1. The van der Waals surface area contributed by atoms with Crippen LogP contribution in [-0.4, -0.2) is 40.3 Å². The molecule has 0 spiro atoms. The summed E-state index contributed by atoms with van der Waals surface area (Å²) in [6.45, 7) is 4.47. The summed E-state index contributed by atoms with van der Waals surface area (Å²) in [6, 6.07) is 19.2. The molecule has 0 bridgehead atoms. The first-order valence-electron chi connectivity index (χ1n) is 12.2. The van der Waals surface area contributed by atoms with Crippen molar-refractivity contribution >= 4 is 29.0 Å². The maximum Gasteiger partial charge on any atom is 0.257 e. The largest absolute Gasteiger partial charge is 0.356 e. The molecule has 2 aromatic carbocycles. The highest BCUT2D eigenvalue weighted by atomic mass is 19.1. The Balaban J connectivity index is 1.50. The van der Waals surface area contributed by atoms with E-state index in [1.165, 1.54) is 12.1 Å². The number of aromatic amines is 1. The smallest absolute Gasteiger partial charge is 0.257 e. The number of rotatable bonds is 6. The van der Waals surface area contributed by atoms with Crippen LogP contribution in [0.5, 0.6) is 0 Å². The Kier molecular flexibility index (Phi) is 6.48. The predicted molar refractivity (Wildman–Crippen MR) is 143 cm³/mol. The van der Waals surface area contributed by atoms with Crippen LogP contribution in [0.3, 0.4) is 0 Å². The lowest BCUT2D eigenvalue weighted by Gasteiger charge is -2.28. The standard InChI is InChI=1S/C29H28FN5O2/c1-17-16-35(3)29(37)24-25(17)34-26(27(24)32-22-7-5-4-6-8-22)20-13-14-31-23(15-20)33-28(36)18(2)19-9-11-21(30)12-10-19/h4-15,17-18,32,34H,16H2,1-3H3,(H,31,33,36)/t17-,18?/m1/s1. The lowest BCUT2D eigenvalue weighted by Crippen LogP contribution is -2.36. The molecular formula is C29H28FN5O2. The van der Waals surface area contributed by atoms with Gasteiger partial charge in [0, 0.05) is 42.7 Å². The average Bonchev–Trinajstić information content (AvgIpc) is 3.28. The van der Waals surface area contributed by atoms with Gasteiger partial charge < -0.3 is 20.5 Å². The van der Waals surface area contributed by atoms with Crippen LogP contribution in [-0.2, 0) is 4.79 Å². The Bertz CT molecular complexity index is 1450. The van der Waals surface area contributed by atoms with E-state index in [9.17, 15) is 14.0 Å². The fraction of sp³-hybridized carbons (Fsp3) is 0.207. The highest BCUT2D eigenvalue weighted by molar-refractivity contribution is 6.06. The van der Waals surface area contributed by atoms with Crippen molar-refractivity contribution in [3.05, 3.63) is 95.6 Å². The van der Waals surface area contributed by atoms with Gasteiger partial charge >= 0.3 is 0 Å². The normalized spacial score (nSPS) is 15.7. The van der Waals surface area contributed by atoms with Gasteiger partial charge in [0.25, 0.3) is 5.91 Å². The number of anilines is 3. The Morgan fingerprint density at radius 2 is 1.86 bits per heavy atom. The predicted octanol–water partition coefficient (Wildman–Crippen LogP) is 5.89. The van der Waals surface area contributed by atoms with Gasteiger partial charge in [-0.25, -0.2) is 9.37 Å². The van der Waals surface area contributed by atoms with Gasteiger partial charge in [-0.15, -0.1) is 0 Å². The van der Waals surface area contributed by atoms with Gasteiger partial charge in [0.05, 0.1) is 22.9 Å². The summed E-state index contributed by atoms with van der Waals surface area (Å²) in [7, 11) is 1.81. The van der Waals surface area contributed by atoms with Crippen LogP contribution in [0.15, 0.2) is 72.9 Å². The Morgan fingerprint density at radius 3 is 2.59 bits per heavy atom. The SMILES string of the molecule is CC(C(=O)Nc1cc(-c2[nH]c3c(c2Nc2ccccc2)C(=O)N(C)C[C@H]3C)ccn1)c1ccc(F)cc1. The van der Waals surface area contributed by atoms with E-state index in [4.69, 9.17) is 0 Å². The first-order valence-corrected chi connectivity index (χ1v) is 12.2. The summed E-state index contributed by atoms with van der Waals surface area (Å²) in [5, 5.41) is 6.31. The molecule has 1 unspecified atom stereocenters. The Morgan fingerprint density at radius 1 is 1.14 bits per heavy atom. The molecule has 0 saturated carbocycles. The molecule has 1 aliphatic rings. The van der Waals surface area contributed by atoms with Gasteiger partial charge in [0.1, 0.15) is 11.6 Å². The first kappa shape index (κ1) is 24.2. The number of carbonyl (C=O) groups excluding carboxylic acids is 2. The number of benzene rings is 2. The summed E-state index contributed by atoms with van der Waals surface area (Å²) in [5.74, 6) is -0.641. The van der Waals surface area contributed by atoms with Crippen molar-refractivity contribution in [1.82, 2.24) is 14.9 Å². The second-order valence-electron chi connectivity index (χ2n) is 9.43. The number of pyridine rings is 1.